The molecule has 30 heavy (non-hydrogen) atoms. The van der Waals surface area contributed by atoms with Gasteiger partial charge in [0.1, 0.15) is 5.82 Å². The first-order valence-electron chi connectivity index (χ1n) is 8.81. The molecule has 1 amide bonds. The van der Waals surface area contributed by atoms with Crippen LogP contribution in [-0.4, -0.2) is 46.9 Å². The van der Waals surface area contributed by atoms with Crippen molar-refractivity contribution in [2.45, 2.75) is 11.8 Å². The van der Waals surface area contributed by atoms with Crippen molar-refractivity contribution in [3.05, 3.63) is 76.5 Å². The number of nitrogens with one attached hydrogen (secondary N) is 1. The standard InChI is InChI=1S/C19H19N5O5S/c1-14-12-18(23(21-14)15-8-10-16(11-9-15)24(26)27)20-19(25)13-22(2)30(28,29)17-6-4-3-5-7-17/h3-12H,13H2,1-2H3,(H,20,25). The van der Waals surface area contributed by atoms with Crippen LogP contribution in [0.4, 0.5) is 11.5 Å². The summed E-state index contributed by atoms with van der Waals surface area (Å²) in [5.74, 6) is -0.239. The third-order valence-corrected chi connectivity index (χ3v) is 6.04. The Kier molecular flexibility index (Phi) is 5.94. The number of amides is 1. The molecule has 10 nitrogen and oxygen atoms in total. The van der Waals surface area contributed by atoms with E-state index in [9.17, 15) is 23.3 Å². The molecule has 1 N–H and O–H groups in total. The summed E-state index contributed by atoms with van der Waals surface area (Å²) in [6, 6.07) is 15.1. The predicted octanol–water partition coefficient (Wildman–Crippen LogP) is 2.35. The van der Waals surface area contributed by atoms with Crippen LogP contribution >= 0.6 is 0 Å². The number of non-ortho nitro benzene ring substituents is 1. The van der Waals surface area contributed by atoms with Gasteiger partial charge in [0.05, 0.1) is 27.7 Å². The summed E-state index contributed by atoms with van der Waals surface area (Å²) in [4.78, 5) is 22.9. The molecule has 0 atom stereocenters. The summed E-state index contributed by atoms with van der Waals surface area (Å²) in [6.07, 6.45) is 0. The van der Waals surface area contributed by atoms with E-state index >= 15 is 0 Å². The minimum Gasteiger partial charge on any atom is -0.309 e. The first-order valence-corrected chi connectivity index (χ1v) is 10.3. The first kappa shape index (κ1) is 21.1. The Balaban J connectivity index is 1.77. The Morgan fingerprint density at radius 2 is 1.80 bits per heavy atom. The Hall–Kier alpha value is -3.57. The fourth-order valence-corrected chi connectivity index (χ4v) is 3.89. The van der Waals surface area contributed by atoms with Crippen molar-refractivity contribution >= 4 is 27.4 Å². The third kappa shape index (κ3) is 4.53. The average molecular weight is 429 g/mol. The maximum atomic E-state index is 12.6. The molecule has 3 rings (SSSR count). The van der Waals surface area contributed by atoms with Gasteiger partial charge in [-0.05, 0) is 31.2 Å². The fourth-order valence-electron chi connectivity index (χ4n) is 2.74. The Labute approximate surface area is 172 Å². The lowest BCUT2D eigenvalue weighted by molar-refractivity contribution is -0.384. The smallest absolute Gasteiger partial charge is 0.269 e. The van der Waals surface area contributed by atoms with Crippen LogP contribution in [0.1, 0.15) is 5.69 Å². The number of sulfonamides is 1. The monoisotopic (exact) mass is 429 g/mol. The van der Waals surface area contributed by atoms with Crippen LogP contribution in [0.25, 0.3) is 5.69 Å². The number of carbonyl (C=O) groups is 1. The number of nitro groups is 1. The van der Waals surface area contributed by atoms with Gasteiger partial charge >= 0.3 is 0 Å². The highest BCUT2D eigenvalue weighted by Gasteiger charge is 2.23. The van der Waals surface area contributed by atoms with E-state index in [1.165, 1.54) is 48.1 Å². The van der Waals surface area contributed by atoms with Gasteiger partial charge in [0.15, 0.2) is 0 Å². The number of benzene rings is 2. The normalized spacial score (nSPS) is 11.4. The fraction of sp³-hybridized carbons (Fsp3) is 0.158. The van der Waals surface area contributed by atoms with Crippen molar-refractivity contribution < 1.29 is 18.1 Å². The molecule has 3 aromatic rings. The van der Waals surface area contributed by atoms with Gasteiger partial charge in [0.25, 0.3) is 5.69 Å². The van der Waals surface area contributed by atoms with Crippen molar-refractivity contribution in [2.75, 3.05) is 18.9 Å². The van der Waals surface area contributed by atoms with E-state index in [0.717, 1.165) is 4.31 Å². The quantitative estimate of drug-likeness (QED) is 0.454. The largest absolute Gasteiger partial charge is 0.309 e. The van der Waals surface area contributed by atoms with Crippen LogP contribution < -0.4 is 5.32 Å². The number of nitro benzene ring substituents is 1. The number of likely N-dealkylation sites (N-methyl/N-ethyl adjacent to an activating group) is 1. The number of hydrogen-bond acceptors (Lipinski definition) is 6. The summed E-state index contributed by atoms with van der Waals surface area (Å²) >= 11 is 0. The number of hydrogen-bond donors (Lipinski definition) is 1. The first-order chi connectivity index (χ1) is 14.2. The molecular weight excluding hydrogens is 410 g/mol. The summed E-state index contributed by atoms with van der Waals surface area (Å²) in [5.41, 5.74) is 1.05. The van der Waals surface area contributed by atoms with E-state index in [4.69, 9.17) is 0 Å². The molecule has 1 aromatic heterocycles. The molecular formula is C19H19N5O5S. The van der Waals surface area contributed by atoms with Crippen molar-refractivity contribution in [1.29, 1.82) is 0 Å². The maximum absolute atomic E-state index is 12.6. The van der Waals surface area contributed by atoms with Crippen molar-refractivity contribution in [1.82, 2.24) is 14.1 Å². The number of carbonyl (C=O) groups excluding carboxylic acids is 1. The van der Waals surface area contributed by atoms with Gasteiger partial charge in [-0.3, -0.25) is 14.9 Å². The molecule has 0 aliphatic carbocycles. The van der Waals surface area contributed by atoms with Crippen LogP contribution in [0.15, 0.2) is 65.6 Å². The van der Waals surface area contributed by atoms with E-state index < -0.39 is 27.4 Å². The van der Waals surface area contributed by atoms with Crippen molar-refractivity contribution in [3.8, 4) is 5.69 Å². The lowest BCUT2D eigenvalue weighted by Gasteiger charge is -2.17. The molecule has 0 aliphatic rings. The number of rotatable bonds is 7. The van der Waals surface area contributed by atoms with E-state index in [1.807, 2.05) is 0 Å². The van der Waals surface area contributed by atoms with E-state index in [2.05, 4.69) is 10.4 Å². The lowest BCUT2D eigenvalue weighted by atomic mass is 10.3. The van der Waals surface area contributed by atoms with Gasteiger partial charge in [-0.2, -0.15) is 9.40 Å². The SMILES string of the molecule is Cc1cc(NC(=O)CN(C)S(=O)(=O)c2ccccc2)n(-c2ccc([N+](=O)[O-])cc2)n1. The Morgan fingerprint density at radius 3 is 2.40 bits per heavy atom. The molecule has 0 fully saturated rings. The molecule has 0 unspecified atom stereocenters. The van der Waals surface area contributed by atoms with Crippen LogP contribution in [0, 0.1) is 17.0 Å². The minimum atomic E-state index is -3.81. The molecule has 0 radical (unpaired) electrons. The highest BCUT2D eigenvalue weighted by Crippen LogP contribution is 2.20. The van der Waals surface area contributed by atoms with E-state index in [-0.39, 0.29) is 10.6 Å². The van der Waals surface area contributed by atoms with Crippen molar-refractivity contribution in [3.63, 3.8) is 0 Å². The van der Waals surface area contributed by atoms with Gasteiger partial charge in [0, 0.05) is 25.2 Å². The molecule has 0 saturated carbocycles. The number of anilines is 1. The van der Waals surface area contributed by atoms with E-state index in [0.29, 0.717) is 17.2 Å². The van der Waals surface area contributed by atoms with Gasteiger partial charge < -0.3 is 5.32 Å². The Morgan fingerprint density at radius 1 is 1.17 bits per heavy atom. The predicted molar refractivity (Wildman–Crippen MR) is 110 cm³/mol. The second kappa shape index (κ2) is 8.43. The van der Waals surface area contributed by atoms with Crippen LogP contribution in [-0.2, 0) is 14.8 Å². The van der Waals surface area contributed by atoms with Crippen molar-refractivity contribution in [2.24, 2.45) is 0 Å². The van der Waals surface area contributed by atoms with Gasteiger partial charge in [0.2, 0.25) is 15.9 Å². The molecule has 2 aromatic carbocycles. The second-order valence-corrected chi connectivity index (χ2v) is 8.52. The summed E-state index contributed by atoms with van der Waals surface area (Å²) in [7, 11) is -2.49. The summed E-state index contributed by atoms with van der Waals surface area (Å²) < 4.78 is 27.5. The van der Waals surface area contributed by atoms with Gasteiger partial charge in [-0.1, -0.05) is 18.2 Å². The van der Waals surface area contributed by atoms with Crippen LogP contribution in [0.2, 0.25) is 0 Å². The number of aromatic nitrogens is 2. The molecule has 0 aliphatic heterocycles. The van der Waals surface area contributed by atoms with Gasteiger partial charge in [-0.15, -0.1) is 0 Å². The van der Waals surface area contributed by atoms with Gasteiger partial charge in [-0.25, -0.2) is 13.1 Å². The average Bonchev–Trinajstić information content (AvgIpc) is 3.08. The lowest BCUT2D eigenvalue weighted by Crippen LogP contribution is -2.35. The molecule has 0 bridgehead atoms. The highest BCUT2D eigenvalue weighted by molar-refractivity contribution is 7.89. The molecule has 0 spiro atoms. The summed E-state index contributed by atoms with van der Waals surface area (Å²) in [6.45, 7) is 1.32. The third-order valence-electron chi connectivity index (χ3n) is 4.22. The molecule has 1 heterocycles. The number of nitrogens with zero attached hydrogens (tertiary/aromatic N) is 4. The minimum absolute atomic E-state index is 0.0686. The molecule has 0 saturated heterocycles. The summed E-state index contributed by atoms with van der Waals surface area (Å²) in [5, 5.41) is 17.8. The zero-order valence-corrected chi connectivity index (χ0v) is 17.0. The Bertz CT molecular complexity index is 1170. The molecule has 156 valence electrons. The maximum Gasteiger partial charge on any atom is 0.269 e. The molecule has 11 heteroatoms. The topological polar surface area (TPSA) is 127 Å². The zero-order valence-electron chi connectivity index (χ0n) is 16.2. The number of aryl methyl sites for hydroxylation is 1. The second-order valence-electron chi connectivity index (χ2n) is 6.48. The van der Waals surface area contributed by atoms with Crippen LogP contribution in [0.5, 0.6) is 0 Å². The highest BCUT2D eigenvalue weighted by atomic mass is 32.2. The van der Waals surface area contributed by atoms with E-state index in [1.54, 1.807) is 31.2 Å². The zero-order chi connectivity index (χ0) is 21.9. The van der Waals surface area contributed by atoms with Crippen LogP contribution in [0.3, 0.4) is 0 Å².